The van der Waals surface area contributed by atoms with E-state index in [1.807, 2.05) is 31.2 Å². The normalized spacial score (nSPS) is 11.3. The van der Waals surface area contributed by atoms with E-state index in [2.05, 4.69) is 36.5 Å². The largest absolute Gasteiger partial charge is 0.421 e. The highest BCUT2D eigenvalue weighted by Gasteiger charge is 2.35. The molecule has 0 unspecified atom stereocenters. The predicted molar refractivity (Wildman–Crippen MR) is 108 cm³/mol. The second-order valence-corrected chi connectivity index (χ2v) is 7.03. The number of halogens is 4. The summed E-state index contributed by atoms with van der Waals surface area (Å²) in [7, 11) is 0. The molecule has 28 heavy (non-hydrogen) atoms. The SMILES string of the molecule is CCCc1ccccc1Nc1nc(Nc2ccc(Br)cc2)ncc1C(F)(F)F. The molecular formula is C20H18BrF3N4. The molecule has 0 saturated heterocycles. The summed E-state index contributed by atoms with van der Waals surface area (Å²) in [5.74, 6) is -0.212. The Labute approximate surface area is 169 Å². The summed E-state index contributed by atoms with van der Waals surface area (Å²) in [5.41, 5.74) is 1.28. The first kappa shape index (κ1) is 20.1. The van der Waals surface area contributed by atoms with Gasteiger partial charge in [0.1, 0.15) is 11.4 Å². The van der Waals surface area contributed by atoms with Crippen molar-refractivity contribution >= 4 is 39.1 Å². The third-order valence-electron chi connectivity index (χ3n) is 3.98. The van der Waals surface area contributed by atoms with Crippen LogP contribution in [0.4, 0.5) is 36.3 Å². The quantitative estimate of drug-likeness (QED) is 0.438. The highest BCUT2D eigenvalue weighted by Crippen LogP contribution is 2.36. The van der Waals surface area contributed by atoms with E-state index < -0.39 is 11.7 Å². The lowest BCUT2D eigenvalue weighted by atomic mass is 10.1. The predicted octanol–water partition coefficient (Wildman–Crippen LogP) is 6.70. The van der Waals surface area contributed by atoms with Gasteiger partial charge in [-0.05, 0) is 42.3 Å². The lowest BCUT2D eigenvalue weighted by Gasteiger charge is -2.16. The highest BCUT2D eigenvalue weighted by atomic mass is 79.9. The summed E-state index contributed by atoms with van der Waals surface area (Å²) in [6, 6.07) is 14.4. The van der Waals surface area contributed by atoms with E-state index in [9.17, 15) is 13.2 Å². The van der Waals surface area contributed by atoms with Crippen LogP contribution in [-0.2, 0) is 12.6 Å². The molecule has 0 radical (unpaired) electrons. The van der Waals surface area contributed by atoms with Crippen LogP contribution >= 0.6 is 15.9 Å². The number of anilines is 4. The van der Waals surface area contributed by atoms with Gasteiger partial charge in [-0.25, -0.2) is 4.98 Å². The zero-order valence-electron chi connectivity index (χ0n) is 15.0. The van der Waals surface area contributed by atoms with Gasteiger partial charge in [-0.3, -0.25) is 0 Å². The Morgan fingerprint density at radius 1 is 1.00 bits per heavy atom. The highest BCUT2D eigenvalue weighted by molar-refractivity contribution is 9.10. The Bertz CT molecular complexity index is 943. The minimum atomic E-state index is -4.57. The van der Waals surface area contributed by atoms with Gasteiger partial charge in [-0.2, -0.15) is 18.2 Å². The molecule has 2 aromatic carbocycles. The average molecular weight is 451 g/mol. The number of aromatic nitrogens is 2. The lowest BCUT2D eigenvalue weighted by Crippen LogP contribution is -2.13. The molecule has 0 aliphatic rings. The molecule has 2 N–H and O–H groups in total. The molecule has 0 amide bonds. The summed E-state index contributed by atoms with van der Waals surface area (Å²) in [4.78, 5) is 7.92. The molecule has 1 heterocycles. The number of alkyl halides is 3. The van der Waals surface area contributed by atoms with E-state index in [1.54, 1.807) is 24.3 Å². The number of hydrogen-bond donors (Lipinski definition) is 2. The number of rotatable bonds is 6. The molecular weight excluding hydrogens is 433 g/mol. The second kappa shape index (κ2) is 8.60. The Kier molecular flexibility index (Phi) is 6.18. The summed E-state index contributed by atoms with van der Waals surface area (Å²) >= 11 is 3.34. The van der Waals surface area contributed by atoms with Crippen molar-refractivity contribution in [2.24, 2.45) is 0 Å². The molecule has 3 rings (SSSR count). The van der Waals surface area contributed by atoms with E-state index in [0.29, 0.717) is 11.4 Å². The van der Waals surface area contributed by atoms with Crippen LogP contribution in [-0.4, -0.2) is 9.97 Å². The monoisotopic (exact) mass is 450 g/mol. The lowest BCUT2D eigenvalue weighted by molar-refractivity contribution is -0.137. The topological polar surface area (TPSA) is 49.8 Å². The summed E-state index contributed by atoms with van der Waals surface area (Å²) in [6.07, 6.45) is -2.15. The fraction of sp³-hybridized carbons (Fsp3) is 0.200. The van der Waals surface area contributed by atoms with Crippen LogP contribution in [0.2, 0.25) is 0 Å². The van der Waals surface area contributed by atoms with Gasteiger partial charge in [0, 0.05) is 22.0 Å². The minimum Gasteiger partial charge on any atom is -0.339 e. The minimum absolute atomic E-state index is 0.0748. The zero-order chi connectivity index (χ0) is 20.1. The van der Waals surface area contributed by atoms with Crippen molar-refractivity contribution in [3.05, 3.63) is 70.3 Å². The fourth-order valence-corrected chi connectivity index (χ4v) is 2.93. The smallest absolute Gasteiger partial charge is 0.339 e. The Morgan fingerprint density at radius 2 is 1.71 bits per heavy atom. The van der Waals surface area contributed by atoms with Gasteiger partial charge in [0.15, 0.2) is 0 Å². The van der Waals surface area contributed by atoms with Crippen LogP contribution in [0.5, 0.6) is 0 Å². The molecule has 8 heteroatoms. The van der Waals surface area contributed by atoms with Crippen molar-refractivity contribution in [2.45, 2.75) is 25.9 Å². The van der Waals surface area contributed by atoms with Crippen LogP contribution < -0.4 is 10.6 Å². The maximum absolute atomic E-state index is 13.5. The van der Waals surface area contributed by atoms with Gasteiger partial charge in [-0.1, -0.05) is 47.5 Å². The maximum Gasteiger partial charge on any atom is 0.421 e. The summed E-state index contributed by atoms with van der Waals surface area (Å²) in [6.45, 7) is 2.02. The van der Waals surface area contributed by atoms with Crippen LogP contribution in [0.3, 0.4) is 0 Å². The van der Waals surface area contributed by atoms with Crippen molar-refractivity contribution in [1.29, 1.82) is 0 Å². The van der Waals surface area contributed by atoms with Crippen molar-refractivity contribution in [3.8, 4) is 0 Å². The zero-order valence-corrected chi connectivity index (χ0v) is 16.6. The third-order valence-corrected chi connectivity index (χ3v) is 4.51. The summed E-state index contributed by atoms with van der Waals surface area (Å²) < 4.78 is 41.3. The van der Waals surface area contributed by atoms with E-state index in [1.165, 1.54) is 0 Å². The van der Waals surface area contributed by atoms with E-state index in [4.69, 9.17) is 0 Å². The van der Waals surface area contributed by atoms with Gasteiger partial charge in [-0.15, -0.1) is 0 Å². The van der Waals surface area contributed by atoms with Gasteiger partial charge in [0.25, 0.3) is 0 Å². The van der Waals surface area contributed by atoms with Crippen molar-refractivity contribution in [3.63, 3.8) is 0 Å². The fourth-order valence-electron chi connectivity index (χ4n) is 2.66. The number of aryl methyl sites for hydroxylation is 1. The molecule has 1 aromatic heterocycles. The van der Waals surface area contributed by atoms with Gasteiger partial charge in [0.05, 0.1) is 0 Å². The second-order valence-electron chi connectivity index (χ2n) is 6.12. The van der Waals surface area contributed by atoms with Crippen molar-refractivity contribution < 1.29 is 13.2 Å². The first-order valence-corrected chi connectivity index (χ1v) is 9.48. The number of para-hydroxylation sites is 1. The molecule has 146 valence electrons. The van der Waals surface area contributed by atoms with Crippen LogP contribution in [0.15, 0.2) is 59.2 Å². The van der Waals surface area contributed by atoms with Gasteiger partial charge in [0.2, 0.25) is 5.95 Å². The van der Waals surface area contributed by atoms with Crippen molar-refractivity contribution in [2.75, 3.05) is 10.6 Å². The van der Waals surface area contributed by atoms with Crippen molar-refractivity contribution in [1.82, 2.24) is 9.97 Å². The molecule has 3 aromatic rings. The molecule has 0 atom stereocenters. The van der Waals surface area contributed by atoms with E-state index in [-0.39, 0.29) is 11.8 Å². The number of benzene rings is 2. The molecule has 4 nitrogen and oxygen atoms in total. The molecule has 0 aliphatic carbocycles. The summed E-state index contributed by atoms with van der Waals surface area (Å²) in [5, 5.41) is 5.77. The van der Waals surface area contributed by atoms with Gasteiger partial charge >= 0.3 is 6.18 Å². The Hall–Kier alpha value is -2.61. The molecule has 0 saturated carbocycles. The third kappa shape index (κ3) is 5.01. The number of nitrogens with zero attached hydrogens (tertiary/aromatic N) is 2. The number of nitrogens with one attached hydrogen (secondary N) is 2. The van der Waals surface area contributed by atoms with Crippen LogP contribution in [0, 0.1) is 0 Å². The molecule has 0 fully saturated rings. The molecule has 0 spiro atoms. The Morgan fingerprint density at radius 3 is 2.39 bits per heavy atom. The maximum atomic E-state index is 13.5. The average Bonchev–Trinajstić information content (AvgIpc) is 2.65. The van der Waals surface area contributed by atoms with Crippen LogP contribution in [0.25, 0.3) is 0 Å². The first-order chi connectivity index (χ1) is 13.4. The molecule has 0 aliphatic heterocycles. The van der Waals surface area contributed by atoms with E-state index in [0.717, 1.165) is 29.1 Å². The Balaban J connectivity index is 1.96. The van der Waals surface area contributed by atoms with Crippen LogP contribution in [0.1, 0.15) is 24.5 Å². The number of hydrogen-bond acceptors (Lipinski definition) is 4. The van der Waals surface area contributed by atoms with Gasteiger partial charge < -0.3 is 10.6 Å². The standard InChI is InChI=1S/C20H18BrF3N4/c1-2-5-13-6-3-4-7-17(13)27-18-16(20(22,23)24)12-25-19(28-18)26-15-10-8-14(21)9-11-15/h3-4,6-12H,2,5H2,1H3,(H2,25,26,27,28). The van der Waals surface area contributed by atoms with E-state index >= 15 is 0 Å². The molecule has 0 bridgehead atoms. The first-order valence-electron chi connectivity index (χ1n) is 8.68.